The van der Waals surface area contributed by atoms with Gasteiger partial charge in [-0.25, -0.2) is 0 Å². The molecule has 20 heavy (non-hydrogen) atoms. The van der Waals surface area contributed by atoms with Gasteiger partial charge in [-0.2, -0.15) is 0 Å². The Morgan fingerprint density at radius 2 is 1.50 bits per heavy atom. The molecule has 0 unspecified atom stereocenters. The number of piperidine rings is 1. The molecule has 0 N–H and O–H groups in total. The summed E-state index contributed by atoms with van der Waals surface area (Å²) in [5.41, 5.74) is 0.104. The lowest BCUT2D eigenvalue weighted by molar-refractivity contribution is -0.147. The van der Waals surface area contributed by atoms with E-state index in [0.29, 0.717) is 13.0 Å². The summed E-state index contributed by atoms with van der Waals surface area (Å²) in [6.07, 6.45) is 13.5. The Morgan fingerprint density at radius 1 is 0.950 bits per heavy atom. The summed E-state index contributed by atoms with van der Waals surface area (Å²) in [4.78, 5) is 14.7. The van der Waals surface area contributed by atoms with Crippen LogP contribution < -0.4 is 0 Å². The monoisotopic (exact) mass is 281 g/mol. The Hall–Kier alpha value is -0.570. The van der Waals surface area contributed by atoms with Crippen LogP contribution >= 0.6 is 0 Å². The van der Waals surface area contributed by atoms with Gasteiger partial charge in [0.25, 0.3) is 0 Å². The van der Waals surface area contributed by atoms with E-state index in [1.54, 1.807) is 0 Å². The molecule has 0 radical (unpaired) electrons. The van der Waals surface area contributed by atoms with Gasteiger partial charge in [0, 0.05) is 5.54 Å². The molecular formula is C17H31NO2. The number of carbonyl (C=O) groups is 1. The van der Waals surface area contributed by atoms with E-state index in [1.165, 1.54) is 77.3 Å². The van der Waals surface area contributed by atoms with Crippen molar-refractivity contribution in [1.29, 1.82) is 0 Å². The lowest BCUT2D eigenvalue weighted by Gasteiger charge is -2.46. The molecule has 2 aliphatic rings. The highest BCUT2D eigenvalue weighted by Crippen LogP contribution is 2.36. The van der Waals surface area contributed by atoms with E-state index in [9.17, 15) is 4.79 Å². The van der Waals surface area contributed by atoms with E-state index >= 15 is 0 Å². The molecule has 2 fully saturated rings. The van der Waals surface area contributed by atoms with Gasteiger partial charge in [-0.3, -0.25) is 9.69 Å². The van der Waals surface area contributed by atoms with Gasteiger partial charge < -0.3 is 4.74 Å². The molecule has 1 saturated heterocycles. The Balaban J connectivity index is 2.08. The topological polar surface area (TPSA) is 29.5 Å². The van der Waals surface area contributed by atoms with Gasteiger partial charge >= 0.3 is 5.97 Å². The highest BCUT2D eigenvalue weighted by Gasteiger charge is 2.39. The maximum absolute atomic E-state index is 12.1. The number of nitrogens with zero attached hydrogens (tertiary/aromatic N) is 1. The van der Waals surface area contributed by atoms with Crippen LogP contribution in [0.15, 0.2) is 0 Å². The van der Waals surface area contributed by atoms with Crippen LogP contribution in [0, 0.1) is 0 Å². The summed E-state index contributed by atoms with van der Waals surface area (Å²) in [5, 5.41) is 0. The van der Waals surface area contributed by atoms with Crippen LogP contribution in [0.2, 0.25) is 0 Å². The molecule has 2 rings (SSSR count). The maximum Gasteiger partial charge on any atom is 0.307 e. The molecule has 0 bridgehead atoms. The highest BCUT2D eigenvalue weighted by atomic mass is 16.5. The second-order valence-corrected chi connectivity index (χ2v) is 6.52. The van der Waals surface area contributed by atoms with E-state index in [0.717, 1.165) is 0 Å². The smallest absolute Gasteiger partial charge is 0.307 e. The Kier molecular flexibility index (Phi) is 6.34. The van der Waals surface area contributed by atoms with Crippen molar-refractivity contribution in [3.8, 4) is 0 Å². The molecule has 0 aromatic rings. The number of ether oxygens (including phenoxy) is 1. The predicted molar refractivity (Wildman–Crippen MR) is 81.7 cm³/mol. The minimum Gasteiger partial charge on any atom is -0.466 e. The predicted octanol–water partition coefficient (Wildman–Crippen LogP) is 3.91. The first kappa shape index (κ1) is 15.8. The number of likely N-dealkylation sites (tertiary alicyclic amines) is 1. The summed E-state index contributed by atoms with van der Waals surface area (Å²) in [6.45, 7) is 4.78. The second-order valence-electron chi connectivity index (χ2n) is 6.52. The summed E-state index contributed by atoms with van der Waals surface area (Å²) in [7, 11) is 0. The van der Waals surface area contributed by atoms with Gasteiger partial charge in [0.15, 0.2) is 0 Å². The van der Waals surface area contributed by atoms with Crippen LogP contribution in [0.25, 0.3) is 0 Å². The van der Waals surface area contributed by atoms with Gasteiger partial charge in [-0.05, 0) is 45.7 Å². The standard InChI is InChI=1S/C17H31NO2/c1-2-20-16(19)15-17(18-13-9-6-10-14-18)11-7-4-3-5-8-12-17/h2-15H2,1H3. The number of esters is 1. The SMILES string of the molecule is CCOC(=O)CC1(N2CCCCC2)CCCCCCC1. The number of carbonyl (C=O) groups excluding carboxylic acids is 1. The first-order valence-electron chi connectivity index (χ1n) is 8.67. The Morgan fingerprint density at radius 3 is 2.10 bits per heavy atom. The first-order valence-corrected chi connectivity index (χ1v) is 8.67. The van der Waals surface area contributed by atoms with Crippen LogP contribution in [0.1, 0.15) is 77.6 Å². The molecule has 3 heteroatoms. The van der Waals surface area contributed by atoms with E-state index in [1.807, 2.05) is 6.92 Å². The van der Waals surface area contributed by atoms with Gasteiger partial charge in [-0.1, -0.05) is 38.5 Å². The second kappa shape index (κ2) is 8.02. The van der Waals surface area contributed by atoms with Gasteiger partial charge in [-0.15, -0.1) is 0 Å². The summed E-state index contributed by atoms with van der Waals surface area (Å²) in [6, 6.07) is 0. The van der Waals surface area contributed by atoms with Crippen LogP contribution in [0.3, 0.4) is 0 Å². The van der Waals surface area contributed by atoms with Crippen molar-refractivity contribution in [2.75, 3.05) is 19.7 Å². The van der Waals surface area contributed by atoms with Gasteiger partial charge in [0.2, 0.25) is 0 Å². The zero-order chi connectivity index (χ0) is 14.3. The molecule has 1 saturated carbocycles. The fourth-order valence-electron chi connectivity index (χ4n) is 4.02. The largest absolute Gasteiger partial charge is 0.466 e. The normalized spacial score (nSPS) is 24.6. The molecule has 0 spiro atoms. The van der Waals surface area contributed by atoms with E-state index < -0.39 is 0 Å². The zero-order valence-electron chi connectivity index (χ0n) is 13.2. The zero-order valence-corrected chi connectivity index (χ0v) is 13.2. The molecule has 3 nitrogen and oxygen atoms in total. The van der Waals surface area contributed by atoms with Crippen molar-refractivity contribution in [3.63, 3.8) is 0 Å². The first-order chi connectivity index (χ1) is 9.77. The lowest BCUT2D eigenvalue weighted by atomic mass is 9.79. The number of rotatable bonds is 4. The quantitative estimate of drug-likeness (QED) is 0.732. The molecule has 0 atom stereocenters. The highest BCUT2D eigenvalue weighted by molar-refractivity contribution is 5.71. The maximum atomic E-state index is 12.1. The minimum atomic E-state index is 0.0126. The van der Waals surface area contributed by atoms with Crippen molar-refractivity contribution < 1.29 is 9.53 Å². The molecule has 1 aliphatic carbocycles. The number of hydrogen-bond acceptors (Lipinski definition) is 3. The molecule has 116 valence electrons. The van der Waals surface area contributed by atoms with Gasteiger partial charge in [0.1, 0.15) is 0 Å². The average molecular weight is 281 g/mol. The van der Waals surface area contributed by atoms with E-state index in [4.69, 9.17) is 4.74 Å². The Bertz CT molecular complexity index is 289. The molecule has 0 amide bonds. The van der Waals surface area contributed by atoms with Crippen LogP contribution in [-0.4, -0.2) is 36.1 Å². The number of hydrogen-bond donors (Lipinski definition) is 0. The third-order valence-electron chi connectivity index (χ3n) is 5.09. The summed E-state index contributed by atoms with van der Waals surface area (Å²) >= 11 is 0. The third kappa shape index (κ3) is 4.21. The lowest BCUT2D eigenvalue weighted by Crippen LogP contribution is -2.52. The van der Waals surface area contributed by atoms with Crippen LogP contribution in [-0.2, 0) is 9.53 Å². The third-order valence-corrected chi connectivity index (χ3v) is 5.09. The van der Waals surface area contributed by atoms with Crippen LogP contribution in [0.5, 0.6) is 0 Å². The molecular weight excluding hydrogens is 250 g/mol. The van der Waals surface area contributed by atoms with E-state index in [-0.39, 0.29) is 11.5 Å². The molecule has 0 aromatic carbocycles. The fourth-order valence-corrected chi connectivity index (χ4v) is 4.02. The van der Waals surface area contributed by atoms with Crippen molar-refractivity contribution in [3.05, 3.63) is 0 Å². The summed E-state index contributed by atoms with van der Waals surface area (Å²) in [5.74, 6) is 0.0126. The van der Waals surface area contributed by atoms with Crippen molar-refractivity contribution in [2.45, 2.75) is 83.1 Å². The molecule has 1 aliphatic heterocycles. The molecule has 1 heterocycles. The van der Waals surface area contributed by atoms with Crippen molar-refractivity contribution in [2.24, 2.45) is 0 Å². The van der Waals surface area contributed by atoms with Crippen molar-refractivity contribution >= 4 is 5.97 Å². The van der Waals surface area contributed by atoms with Crippen LogP contribution in [0.4, 0.5) is 0 Å². The fraction of sp³-hybridized carbons (Fsp3) is 0.941. The van der Waals surface area contributed by atoms with Gasteiger partial charge in [0.05, 0.1) is 13.0 Å². The molecule has 0 aromatic heterocycles. The Labute approximate surface area is 124 Å². The summed E-state index contributed by atoms with van der Waals surface area (Å²) < 4.78 is 5.27. The minimum absolute atomic E-state index is 0.0126. The van der Waals surface area contributed by atoms with E-state index in [2.05, 4.69) is 4.90 Å². The van der Waals surface area contributed by atoms with Crippen molar-refractivity contribution in [1.82, 2.24) is 4.90 Å². The average Bonchev–Trinajstić information content (AvgIpc) is 2.43.